The highest BCUT2D eigenvalue weighted by Gasteiger charge is 2.36. The Balaban J connectivity index is 1.39. The van der Waals surface area contributed by atoms with Crippen molar-refractivity contribution in [3.05, 3.63) is 82.4 Å². The van der Waals surface area contributed by atoms with Gasteiger partial charge in [-0.25, -0.2) is 4.79 Å². The minimum absolute atomic E-state index is 0.194. The summed E-state index contributed by atoms with van der Waals surface area (Å²) in [6.45, 7) is 7.91. The Morgan fingerprint density at radius 3 is 2.52 bits per heavy atom. The van der Waals surface area contributed by atoms with Crippen LogP contribution in [0.2, 0.25) is 0 Å². The summed E-state index contributed by atoms with van der Waals surface area (Å²) < 4.78 is 5.35. The third kappa shape index (κ3) is 7.64. The number of amides is 3. The number of benzene rings is 2. The highest BCUT2D eigenvalue weighted by atomic mass is 16.6. The number of fused-ring (bicyclic) bond motifs is 1. The lowest BCUT2D eigenvalue weighted by Crippen LogP contribution is -2.52. The molecule has 1 atom stereocenters. The molecular formula is C35H42N6O5. The smallest absolute Gasteiger partial charge is 0.407 e. The van der Waals surface area contributed by atoms with Crippen molar-refractivity contribution in [3.63, 3.8) is 0 Å². The van der Waals surface area contributed by atoms with Crippen molar-refractivity contribution in [1.82, 2.24) is 20.5 Å². The predicted molar refractivity (Wildman–Crippen MR) is 177 cm³/mol. The number of aromatic amines is 2. The summed E-state index contributed by atoms with van der Waals surface area (Å²) in [6, 6.07) is 13.9. The van der Waals surface area contributed by atoms with Crippen molar-refractivity contribution in [2.24, 2.45) is 17.6 Å². The number of aryl methyl sites for hydroxylation is 1. The second-order valence-corrected chi connectivity index (χ2v) is 13.1. The molecule has 4 aromatic rings. The lowest BCUT2D eigenvalue weighted by Gasteiger charge is -2.36. The molecule has 0 spiro atoms. The first kappa shape index (κ1) is 32.5. The number of pyridine rings is 1. The van der Waals surface area contributed by atoms with Gasteiger partial charge in [0.15, 0.2) is 0 Å². The summed E-state index contributed by atoms with van der Waals surface area (Å²) in [5.74, 6) is -0.957. The zero-order chi connectivity index (χ0) is 33.0. The highest BCUT2D eigenvalue weighted by Crippen LogP contribution is 2.33. The zero-order valence-corrected chi connectivity index (χ0v) is 26.8. The lowest BCUT2D eigenvalue weighted by atomic mass is 9.81. The van der Waals surface area contributed by atoms with Gasteiger partial charge in [0.05, 0.1) is 10.9 Å². The number of rotatable bonds is 9. The van der Waals surface area contributed by atoms with Gasteiger partial charge in [-0.2, -0.15) is 0 Å². The number of nitrogens with one attached hydrogen (secondary N) is 3. The number of hydrogen-bond acceptors (Lipinski definition) is 6. The van der Waals surface area contributed by atoms with E-state index in [2.05, 4.69) is 20.5 Å². The van der Waals surface area contributed by atoms with Crippen molar-refractivity contribution in [3.8, 4) is 11.1 Å². The number of alkyl carbamates (subject to hydrolysis) is 1. The molecule has 3 amide bonds. The summed E-state index contributed by atoms with van der Waals surface area (Å²) in [5.41, 5.74) is 10.1. The van der Waals surface area contributed by atoms with Gasteiger partial charge in [0.2, 0.25) is 11.8 Å². The number of anilines is 1. The maximum absolute atomic E-state index is 14.4. The Kier molecular flexibility index (Phi) is 9.60. The fourth-order valence-corrected chi connectivity index (χ4v) is 6.19. The summed E-state index contributed by atoms with van der Waals surface area (Å²) in [4.78, 5) is 57.6. The molecule has 5 rings (SSSR count). The SMILES string of the molecule is Cc1cnccc1-c1cccc(C[C@@H](C(N)=O)N(C(=O)C2CCC(CNC(=O)OC(C)(C)C)CC2)c2ccc3c(=O)[nH][nH]c3c2)c1. The molecule has 1 aliphatic carbocycles. The van der Waals surface area contributed by atoms with E-state index in [4.69, 9.17) is 10.5 Å². The van der Waals surface area contributed by atoms with Crippen LogP contribution in [0.3, 0.4) is 0 Å². The molecule has 11 heteroatoms. The van der Waals surface area contributed by atoms with Crippen LogP contribution in [0.1, 0.15) is 57.6 Å². The van der Waals surface area contributed by atoms with Gasteiger partial charge in [0, 0.05) is 37.0 Å². The van der Waals surface area contributed by atoms with E-state index in [9.17, 15) is 19.2 Å². The van der Waals surface area contributed by atoms with Crippen LogP contribution in [0.5, 0.6) is 0 Å². The van der Waals surface area contributed by atoms with Gasteiger partial charge in [0.1, 0.15) is 11.6 Å². The topological polar surface area (TPSA) is 163 Å². The van der Waals surface area contributed by atoms with Gasteiger partial charge in [-0.3, -0.25) is 34.5 Å². The number of hydrogen-bond donors (Lipinski definition) is 4. The normalized spacial score (nSPS) is 17.3. The maximum Gasteiger partial charge on any atom is 0.407 e. The van der Waals surface area contributed by atoms with Gasteiger partial charge in [-0.1, -0.05) is 24.3 Å². The molecule has 2 aromatic carbocycles. The lowest BCUT2D eigenvalue weighted by molar-refractivity contribution is -0.127. The van der Waals surface area contributed by atoms with Gasteiger partial charge in [-0.15, -0.1) is 0 Å². The van der Waals surface area contributed by atoms with Crippen LogP contribution in [0.15, 0.2) is 65.7 Å². The molecule has 242 valence electrons. The number of aromatic nitrogens is 3. The summed E-state index contributed by atoms with van der Waals surface area (Å²) in [7, 11) is 0. The average Bonchev–Trinajstić information content (AvgIpc) is 3.39. The maximum atomic E-state index is 14.4. The first-order chi connectivity index (χ1) is 21.9. The molecule has 5 N–H and O–H groups in total. The molecule has 46 heavy (non-hydrogen) atoms. The fraction of sp³-hybridized carbons (Fsp3) is 0.400. The first-order valence-electron chi connectivity index (χ1n) is 15.7. The number of nitrogens with zero attached hydrogens (tertiary/aromatic N) is 2. The molecule has 0 unspecified atom stereocenters. The van der Waals surface area contributed by atoms with Crippen LogP contribution in [0, 0.1) is 18.8 Å². The number of carbonyl (C=O) groups excluding carboxylic acids is 3. The molecular weight excluding hydrogens is 584 g/mol. The molecule has 1 fully saturated rings. The largest absolute Gasteiger partial charge is 0.444 e. The van der Waals surface area contributed by atoms with Gasteiger partial charge in [0.25, 0.3) is 5.56 Å². The van der Waals surface area contributed by atoms with Gasteiger partial charge in [-0.05, 0) is 106 Å². The van der Waals surface area contributed by atoms with Crippen LogP contribution in [-0.2, 0) is 20.7 Å². The molecule has 0 aliphatic heterocycles. The van der Waals surface area contributed by atoms with E-state index in [1.165, 1.54) is 4.90 Å². The average molecular weight is 627 g/mol. The van der Waals surface area contributed by atoms with Crippen molar-refractivity contribution in [2.45, 2.75) is 71.4 Å². The van der Waals surface area contributed by atoms with E-state index >= 15 is 0 Å². The van der Waals surface area contributed by atoms with Crippen LogP contribution >= 0.6 is 0 Å². The quantitative estimate of drug-likeness (QED) is 0.205. The second kappa shape index (κ2) is 13.6. The van der Waals surface area contributed by atoms with Crippen molar-refractivity contribution < 1.29 is 19.1 Å². The minimum Gasteiger partial charge on any atom is -0.444 e. The molecule has 1 saturated carbocycles. The third-order valence-corrected chi connectivity index (χ3v) is 8.53. The Hall–Kier alpha value is -4.93. The van der Waals surface area contributed by atoms with Gasteiger partial charge >= 0.3 is 6.09 Å². The Bertz CT molecular complexity index is 1780. The number of ether oxygens (including phenoxy) is 1. The zero-order valence-electron chi connectivity index (χ0n) is 26.8. The second-order valence-electron chi connectivity index (χ2n) is 13.1. The van der Waals surface area contributed by atoms with E-state index in [0.29, 0.717) is 36.0 Å². The van der Waals surface area contributed by atoms with E-state index in [1.807, 2.05) is 58.0 Å². The van der Waals surface area contributed by atoms with E-state index in [1.54, 1.807) is 30.6 Å². The number of carbonyl (C=O) groups is 3. The standard InChI is InChI=1S/C35H42N6O5/c1-21-19-37-15-14-27(21)25-7-5-6-23(16-25)17-30(31(36)42)41(26-12-13-28-29(18-26)39-40-32(28)43)33(44)24-10-8-22(9-11-24)20-38-34(45)46-35(2,3)4/h5-7,12-16,18-19,22,24,30H,8-11,17,20H2,1-4H3,(H2,36,42)(H,38,45)(H2,39,40,43)/t22?,24?,30-/m0/s1. The highest BCUT2D eigenvalue weighted by molar-refractivity contribution is 6.03. The molecule has 2 aromatic heterocycles. The van der Waals surface area contributed by atoms with Crippen molar-refractivity contribution >= 4 is 34.5 Å². The fourth-order valence-electron chi connectivity index (χ4n) is 6.19. The minimum atomic E-state index is -0.976. The predicted octanol–water partition coefficient (Wildman–Crippen LogP) is 4.99. The van der Waals surface area contributed by atoms with Crippen molar-refractivity contribution in [1.29, 1.82) is 0 Å². The van der Waals surface area contributed by atoms with Gasteiger partial charge < -0.3 is 15.8 Å². The van der Waals surface area contributed by atoms with Crippen LogP contribution in [-0.4, -0.2) is 51.3 Å². The summed E-state index contributed by atoms with van der Waals surface area (Å²) in [6.07, 6.45) is 5.96. The van der Waals surface area contributed by atoms with E-state index in [-0.39, 0.29) is 29.7 Å². The molecule has 0 radical (unpaired) electrons. The van der Waals surface area contributed by atoms with Crippen LogP contribution in [0.25, 0.3) is 22.0 Å². The third-order valence-electron chi connectivity index (χ3n) is 8.53. The monoisotopic (exact) mass is 626 g/mol. The Morgan fingerprint density at radius 2 is 1.83 bits per heavy atom. The number of primary amides is 1. The van der Waals surface area contributed by atoms with E-state index < -0.39 is 23.6 Å². The molecule has 0 saturated heterocycles. The Morgan fingerprint density at radius 1 is 1.07 bits per heavy atom. The molecule has 1 aliphatic rings. The van der Waals surface area contributed by atoms with Crippen molar-refractivity contribution in [2.75, 3.05) is 11.4 Å². The van der Waals surface area contributed by atoms with E-state index in [0.717, 1.165) is 35.1 Å². The Labute approximate surface area is 267 Å². The summed E-state index contributed by atoms with van der Waals surface area (Å²) >= 11 is 0. The molecule has 11 nitrogen and oxygen atoms in total. The van der Waals surface area contributed by atoms with Crippen LogP contribution in [0.4, 0.5) is 10.5 Å². The van der Waals surface area contributed by atoms with Crippen LogP contribution < -0.4 is 21.5 Å². The number of nitrogens with two attached hydrogens (primary N) is 1. The summed E-state index contributed by atoms with van der Waals surface area (Å²) in [5, 5.41) is 8.72. The molecule has 0 bridgehead atoms. The number of H-pyrrole nitrogens is 2. The first-order valence-corrected chi connectivity index (χ1v) is 15.7. The molecule has 2 heterocycles.